The van der Waals surface area contributed by atoms with E-state index in [0.29, 0.717) is 29.0 Å². The summed E-state index contributed by atoms with van der Waals surface area (Å²) in [6.07, 6.45) is 1.77. The molecular formula is C25H25FN4O3. The Kier molecular flexibility index (Phi) is 6.85. The highest BCUT2D eigenvalue weighted by Crippen LogP contribution is 2.25. The van der Waals surface area contributed by atoms with Gasteiger partial charge in [-0.3, -0.25) is 9.59 Å². The molecule has 0 radical (unpaired) electrons. The van der Waals surface area contributed by atoms with Crippen LogP contribution in [0.25, 0.3) is 0 Å². The molecule has 0 aliphatic carbocycles. The van der Waals surface area contributed by atoms with E-state index in [4.69, 9.17) is 0 Å². The van der Waals surface area contributed by atoms with Crippen LogP contribution in [0.5, 0.6) is 0 Å². The van der Waals surface area contributed by atoms with Crippen LogP contribution in [-0.2, 0) is 4.79 Å². The third-order valence-electron chi connectivity index (χ3n) is 5.58. The maximum atomic E-state index is 14.2. The average Bonchev–Trinajstić information content (AvgIpc) is 2.83. The number of anilines is 5. The SMILES string of the molecule is O=CNc1ccc(Nc2ccc(NC(=O)c3ccc(N4CCC(O)CC4)cc3)cc2)c(F)c1. The summed E-state index contributed by atoms with van der Waals surface area (Å²) >= 11 is 0. The van der Waals surface area contributed by atoms with Gasteiger partial charge in [0.15, 0.2) is 0 Å². The summed E-state index contributed by atoms with van der Waals surface area (Å²) < 4.78 is 14.2. The predicted octanol–water partition coefficient (Wildman–Crippen LogP) is 4.35. The van der Waals surface area contributed by atoms with E-state index in [1.807, 2.05) is 12.1 Å². The summed E-state index contributed by atoms with van der Waals surface area (Å²) in [4.78, 5) is 25.3. The number of carbonyl (C=O) groups is 2. The predicted molar refractivity (Wildman–Crippen MR) is 128 cm³/mol. The highest BCUT2D eigenvalue weighted by Gasteiger charge is 2.17. The first-order chi connectivity index (χ1) is 16.0. The third kappa shape index (κ3) is 5.67. The van der Waals surface area contributed by atoms with Crippen LogP contribution in [0.15, 0.2) is 66.7 Å². The standard InChI is InChI=1S/C25H25FN4O3/c26-23-15-20(27-16-31)7-10-24(23)28-18-3-5-19(6-4-18)29-25(33)17-1-8-21(9-2-17)30-13-11-22(32)12-14-30/h1-10,15-16,22,28,32H,11-14H2,(H,27,31)(H,29,33). The molecule has 1 aliphatic heterocycles. The number of aliphatic hydroxyl groups is 1. The molecule has 4 rings (SSSR count). The van der Waals surface area contributed by atoms with Crippen molar-refractivity contribution in [3.05, 3.63) is 78.1 Å². The first-order valence-corrected chi connectivity index (χ1v) is 10.7. The van der Waals surface area contributed by atoms with E-state index < -0.39 is 5.82 Å². The van der Waals surface area contributed by atoms with Crippen molar-refractivity contribution in [2.24, 2.45) is 0 Å². The van der Waals surface area contributed by atoms with Gasteiger partial charge >= 0.3 is 0 Å². The number of nitrogens with one attached hydrogen (secondary N) is 3. The van der Waals surface area contributed by atoms with Crippen LogP contribution < -0.4 is 20.9 Å². The number of amides is 2. The van der Waals surface area contributed by atoms with Gasteiger partial charge in [0.05, 0.1) is 11.8 Å². The van der Waals surface area contributed by atoms with Crippen LogP contribution in [0.3, 0.4) is 0 Å². The van der Waals surface area contributed by atoms with Crippen LogP contribution in [0.4, 0.5) is 32.8 Å². The van der Waals surface area contributed by atoms with Gasteiger partial charge < -0.3 is 26.0 Å². The van der Waals surface area contributed by atoms with E-state index in [9.17, 15) is 19.1 Å². The van der Waals surface area contributed by atoms with E-state index in [1.54, 1.807) is 42.5 Å². The Morgan fingerprint density at radius 2 is 1.58 bits per heavy atom. The van der Waals surface area contributed by atoms with E-state index in [-0.39, 0.29) is 17.7 Å². The number of nitrogens with zero attached hydrogens (tertiary/aromatic N) is 1. The summed E-state index contributed by atoms with van der Waals surface area (Å²) in [6.45, 7) is 1.60. The fourth-order valence-corrected chi connectivity index (χ4v) is 3.72. The fraction of sp³-hybridized carbons (Fsp3) is 0.200. The van der Waals surface area contributed by atoms with Gasteiger partial charge in [0, 0.05) is 41.4 Å². The van der Waals surface area contributed by atoms with Gasteiger partial charge in [-0.05, 0) is 79.6 Å². The lowest BCUT2D eigenvalue weighted by Crippen LogP contribution is -2.35. The second-order valence-corrected chi connectivity index (χ2v) is 7.88. The van der Waals surface area contributed by atoms with Crippen molar-refractivity contribution in [2.75, 3.05) is 33.9 Å². The lowest BCUT2D eigenvalue weighted by molar-refractivity contribution is -0.105. The monoisotopic (exact) mass is 448 g/mol. The number of benzene rings is 3. The van der Waals surface area contributed by atoms with Crippen molar-refractivity contribution in [3.8, 4) is 0 Å². The van der Waals surface area contributed by atoms with Crippen molar-refractivity contribution < 1.29 is 19.1 Å². The molecule has 0 unspecified atom stereocenters. The van der Waals surface area contributed by atoms with E-state index in [1.165, 1.54) is 12.1 Å². The van der Waals surface area contributed by atoms with Crippen LogP contribution in [0, 0.1) is 5.82 Å². The number of hydrogen-bond donors (Lipinski definition) is 4. The molecule has 0 atom stereocenters. The van der Waals surface area contributed by atoms with Gasteiger partial charge in [0.25, 0.3) is 5.91 Å². The molecule has 0 aromatic heterocycles. The Morgan fingerprint density at radius 3 is 2.21 bits per heavy atom. The van der Waals surface area contributed by atoms with Crippen molar-refractivity contribution >= 4 is 40.8 Å². The highest BCUT2D eigenvalue weighted by atomic mass is 19.1. The quantitative estimate of drug-likeness (QED) is 0.403. The zero-order chi connectivity index (χ0) is 23.2. The lowest BCUT2D eigenvalue weighted by Gasteiger charge is -2.31. The highest BCUT2D eigenvalue weighted by molar-refractivity contribution is 6.04. The van der Waals surface area contributed by atoms with Crippen LogP contribution in [-0.4, -0.2) is 36.6 Å². The molecule has 0 spiro atoms. The van der Waals surface area contributed by atoms with Crippen LogP contribution in [0.1, 0.15) is 23.2 Å². The molecule has 7 nitrogen and oxygen atoms in total. The molecule has 0 saturated carbocycles. The van der Waals surface area contributed by atoms with Crippen molar-refractivity contribution in [3.63, 3.8) is 0 Å². The van der Waals surface area contributed by atoms with E-state index in [0.717, 1.165) is 31.6 Å². The summed E-state index contributed by atoms with van der Waals surface area (Å²) in [5.74, 6) is -0.718. The zero-order valence-electron chi connectivity index (χ0n) is 17.9. The summed E-state index contributed by atoms with van der Waals surface area (Å²) in [5, 5.41) is 17.9. The summed E-state index contributed by atoms with van der Waals surface area (Å²) in [7, 11) is 0. The molecule has 33 heavy (non-hydrogen) atoms. The summed E-state index contributed by atoms with van der Waals surface area (Å²) in [6, 6.07) is 18.7. The number of rotatable bonds is 7. The molecule has 1 aliphatic rings. The summed E-state index contributed by atoms with van der Waals surface area (Å²) in [5.41, 5.74) is 3.49. The fourth-order valence-electron chi connectivity index (χ4n) is 3.72. The molecule has 4 N–H and O–H groups in total. The largest absolute Gasteiger partial charge is 0.393 e. The first kappa shape index (κ1) is 22.3. The maximum absolute atomic E-state index is 14.2. The minimum Gasteiger partial charge on any atom is -0.393 e. The first-order valence-electron chi connectivity index (χ1n) is 10.7. The van der Waals surface area contributed by atoms with E-state index in [2.05, 4.69) is 20.9 Å². The molecular weight excluding hydrogens is 423 g/mol. The minimum absolute atomic E-state index is 0.222. The molecule has 3 aromatic carbocycles. The van der Waals surface area contributed by atoms with E-state index >= 15 is 0 Å². The Balaban J connectivity index is 1.35. The zero-order valence-corrected chi connectivity index (χ0v) is 17.9. The number of halogens is 1. The smallest absolute Gasteiger partial charge is 0.255 e. The van der Waals surface area contributed by atoms with Crippen molar-refractivity contribution in [2.45, 2.75) is 18.9 Å². The van der Waals surface area contributed by atoms with Gasteiger partial charge in [0.2, 0.25) is 6.41 Å². The Bertz CT molecular complexity index is 1110. The molecule has 3 aromatic rings. The third-order valence-corrected chi connectivity index (χ3v) is 5.58. The lowest BCUT2D eigenvalue weighted by atomic mass is 10.1. The van der Waals surface area contributed by atoms with Crippen LogP contribution in [0.2, 0.25) is 0 Å². The molecule has 170 valence electrons. The Hall–Kier alpha value is -3.91. The molecule has 1 saturated heterocycles. The average molecular weight is 448 g/mol. The molecule has 2 amide bonds. The molecule has 1 heterocycles. The van der Waals surface area contributed by atoms with Gasteiger partial charge in [-0.15, -0.1) is 0 Å². The molecule has 1 fully saturated rings. The number of piperidine rings is 1. The van der Waals surface area contributed by atoms with Gasteiger partial charge in [-0.1, -0.05) is 0 Å². The van der Waals surface area contributed by atoms with Crippen molar-refractivity contribution in [1.29, 1.82) is 0 Å². The van der Waals surface area contributed by atoms with Gasteiger partial charge in [-0.2, -0.15) is 0 Å². The molecule has 0 bridgehead atoms. The van der Waals surface area contributed by atoms with Gasteiger partial charge in [0.1, 0.15) is 5.82 Å². The topological polar surface area (TPSA) is 93.7 Å². The second kappa shape index (κ2) is 10.1. The van der Waals surface area contributed by atoms with Gasteiger partial charge in [-0.25, -0.2) is 4.39 Å². The van der Waals surface area contributed by atoms with Crippen molar-refractivity contribution in [1.82, 2.24) is 0 Å². The normalized spacial score (nSPS) is 13.9. The second-order valence-electron chi connectivity index (χ2n) is 7.88. The van der Waals surface area contributed by atoms with Crippen LogP contribution >= 0.6 is 0 Å². The maximum Gasteiger partial charge on any atom is 0.255 e. The minimum atomic E-state index is -0.497. The number of carbonyl (C=O) groups excluding carboxylic acids is 2. The Morgan fingerprint density at radius 1 is 0.939 bits per heavy atom. The number of hydrogen-bond acceptors (Lipinski definition) is 5. The Labute approximate surface area is 191 Å². The molecule has 8 heteroatoms. The number of aliphatic hydroxyl groups excluding tert-OH is 1.